The van der Waals surface area contributed by atoms with Crippen molar-refractivity contribution in [1.29, 1.82) is 5.26 Å². The van der Waals surface area contributed by atoms with Crippen molar-refractivity contribution < 1.29 is 12.3 Å². The molecule has 1 saturated heterocycles. The largest absolute Gasteiger partial charge is 0.340 e. The Morgan fingerprint density at radius 3 is 2.53 bits per heavy atom. The number of aromatic amines is 1. The third kappa shape index (κ3) is 3.88. The van der Waals surface area contributed by atoms with E-state index in [4.69, 9.17) is 0 Å². The van der Waals surface area contributed by atoms with Gasteiger partial charge in [-0.2, -0.15) is 13.7 Å². The van der Waals surface area contributed by atoms with Crippen molar-refractivity contribution in [3.63, 3.8) is 0 Å². The van der Waals surface area contributed by atoms with E-state index in [1.54, 1.807) is 18.2 Å². The predicted molar refractivity (Wildman–Crippen MR) is 147 cm³/mol. The quantitative estimate of drug-likeness (QED) is 0.316. The summed E-state index contributed by atoms with van der Waals surface area (Å²) in [6, 6.07) is 17.2. The fourth-order valence-electron chi connectivity index (χ4n) is 5.75. The molecule has 0 atom stereocenters. The van der Waals surface area contributed by atoms with Gasteiger partial charge < -0.3 is 14.5 Å². The van der Waals surface area contributed by atoms with Gasteiger partial charge in [0.1, 0.15) is 5.65 Å². The third-order valence-corrected chi connectivity index (χ3v) is 8.52. The lowest BCUT2D eigenvalue weighted by atomic mass is 9.96. The highest BCUT2D eigenvalue weighted by atomic mass is 32.3. The number of pyridine rings is 1. The summed E-state index contributed by atoms with van der Waals surface area (Å²) >= 11 is 0. The van der Waals surface area contributed by atoms with E-state index in [1.165, 1.54) is 18.2 Å². The monoisotopic (exact) mass is 528 g/mol. The van der Waals surface area contributed by atoms with Crippen molar-refractivity contribution in [2.24, 2.45) is 0 Å². The van der Waals surface area contributed by atoms with Crippen LogP contribution in [0.15, 0.2) is 64.3 Å². The number of H-pyrrole nitrogens is 1. The Kier molecular flexibility index (Phi) is 5.63. The molecule has 9 heteroatoms. The van der Waals surface area contributed by atoms with Crippen LogP contribution in [0.3, 0.4) is 0 Å². The van der Waals surface area contributed by atoms with E-state index >= 15 is 0 Å². The molecule has 6 rings (SSSR count). The summed E-state index contributed by atoms with van der Waals surface area (Å²) in [6.07, 6.45) is 1.78. The van der Waals surface area contributed by atoms with E-state index in [1.807, 2.05) is 25.1 Å². The van der Waals surface area contributed by atoms with Crippen LogP contribution < -0.4 is 5.43 Å². The number of halogens is 1. The Labute approximate surface area is 218 Å². The molecular formula is C29H25FN4O3S. The molecule has 5 aromatic rings. The van der Waals surface area contributed by atoms with E-state index < -0.39 is 15.1 Å². The molecule has 2 aromatic heterocycles. The van der Waals surface area contributed by atoms with Gasteiger partial charge in [-0.25, -0.2) is 0 Å². The van der Waals surface area contributed by atoms with Crippen molar-refractivity contribution >= 4 is 43.1 Å². The first-order chi connectivity index (χ1) is 18.2. The number of nitrogens with zero attached hydrogens (tertiary/aromatic N) is 3. The van der Waals surface area contributed by atoms with Crippen LogP contribution in [0.1, 0.15) is 30.0 Å². The zero-order chi connectivity index (χ0) is 26.8. The number of hydrogen-bond acceptors (Lipinski definition) is 5. The first-order valence-corrected chi connectivity index (χ1v) is 13.8. The number of aromatic nitrogens is 2. The van der Waals surface area contributed by atoms with E-state index in [0.29, 0.717) is 27.5 Å². The molecule has 0 unspecified atom stereocenters. The second kappa shape index (κ2) is 8.79. The van der Waals surface area contributed by atoms with Crippen LogP contribution >= 0.6 is 0 Å². The van der Waals surface area contributed by atoms with Crippen LogP contribution in [0.2, 0.25) is 0 Å². The van der Waals surface area contributed by atoms with Crippen LogP contribution in [0.5, 0.6) is 0 Å². The van der Waals surface area contributed by atoms with Crippen LogP contribution in [-0.4, -0.2) is 43.0 Å². The first-order valence-electron chi connectivity index (χ1n) is 12.4. The van der Waals surface area contributed by atoms with Gasteiger partial charge in [0.15, 0.2) is 5.43 Å². The van der Waals surface area contributed by atoms with Gasteiger partial charge in [-0.3, -0.25) is 4.79 Å². The minimum absolute atomic E-state index is 0.107. The van der Waals surface area contributed by atoms with Gasteiger partial charge in [0.05, 0.1) is 27.4 Å². The average Bonchev–Trinajstić information content (AvgIpc) is 3.28. The van der Waals surface area contributed by atoms with Crippen molar-refractivity contribution in [1.82, 2.24) is 14.5 Å². The lowest BCUT2D eigenvalue weighted by Gasteiger charge is -2.32. The Balaban J connectivity index is 1.71. The minimum atomic E-state index is -4.86. The highest BCUT2D eigenvalue weighted by Crippen LogP contribution is 2.36. The fraction of sp³-hybridized carbons (Fsp3) is 0.241. The number of nitrogens with one attached hydrogen (secondary N) is 1. The summed E-state index contributed by atoms with van der Waals surface area (Å²) in [4.78, 5) is 19.3. The number of piperidine rings is 1. The lowest BCUT2D eigenvalue weighted by molar-refractivity contribution is 0.226. The van der Waals surface area contributed by atoms with Crippen LogP contribution in [0.4, 0.5) is 3.89 Å². The van der Waals surface area contributed by atoms with Crippen molar-refractivity contribution in [2.75, 3.05) is 20.1 Å². The molecule has 0 spiro atoms. The molecule has 1 fully saturated rings. The normalized spacial score (nSPS) is 15.4. The Bertz CT molecular complexity index is 1980. The van der Waals surface area contributed by atoms with Crippen molar-refractivity contribution in [3.05, 3.63) is 75.9 Å². The number of hydrogen-bond donors (Lipinski definition) is 1. The van der Waals surface area contributed by atoms with Crippen LogP contribution in [0, 0.1) is 18.3 Å². The van der Waals surface area contributed by atoms with Crippen LogP contribution in [-0.2, 0) is 10.2 Å². The van der Waals surface area contributed by atoms with E-state index in [2.05, 4.69) is 27.6 Å². The van der Waals surface area contributed by atoms with E-state index in [-0.39, 0.29) is 11.5 Å². The highest BCUT2D eigenvalue weighted by Gasteiger charge is 2.25. The number of benzene rings is 3. The number of likely N-dealkylation sites (tertiary alicyclic amines) is 1. The second-order valence-electron chi connectivity index (χ2n) is 10.1. The molecule has 38 heavy (non-hydrogen) atoms. The molecule has 1 N–H and O–H groups in total. The van der Waals surface area contributed by atoms with Gasteiger partial charge in [0, 0.05) is 22.3 Å². The molecule has 192 valence electrons. The minimum Gasteiger partial charge on any atom is -0.340 e. The van der Waals surface area contributed by atoms with Crippen molar-refractivity contribution in [2.45, 2.75) is 30.7 Å². The van der Waals surface area contributed by atoms with Gasteiger partial charge in [-0.05, 0) is 93.0 Å². The summed E-state index contributed by atoms with van der Waals surface area (Å²) in [5, 5.41) is 11.3. The molecule has 0 amide bonds. The number of nitriles is 1. The standard InChI is InChI=1S/C29H25FN4O3S/c1-17-12-24-26(15-23(17)19-4-3-5-21(14-19)38(30,36)37)34(20-8-10-33(2)11-9-20)29-27(28(24)35)22-7-6-18(16-31)13-25(22)32-29/h3-7,12-15,20,32H,8-11H2,1-2H3. The first kappa shape index (κ1) is 24.3. The maximum Gasteiger partial charge on any atom is 0.332 e. The molecule has 3 heterocycles. The number of aryl methyl sites for hydroxylation is 1. The van der Waals surface area contributed by atoms with Crippen LogP contribution in [0.25, 0.3) is 44.0 Å². The summed E-state index contributed by atoms with van der Waals surface area (Å²) in [6.45, 7) is 3.69. The van der Waals surface area contributed by atoms with Crippen molar-refractivity contribution in [3.8, 4) is 17.2 Å². The zero-order valence-corrected chi connectivity index (χ0v) is 21.8. The average molecular weight is 529 g/mol. The summed E-state index contributed by atoms with van der Waals surface area (Å²) in [5.74, 6) is 0. The Morgan fingerprint density at radius 1 is 1.05 bits per heavy atom. The smallest absolute Gasteiger partial charge is 0.332 e. The number of fused-ring (bicyclic) bond motifs is 4. The van der Waals surface area contributed by atoms with Gasteiger partial charge in [0.2, 0.25) is 0 Å². The third-order valence-electron chi connectivity index (χ3n) is 7.70. The summed E-state index contributed by atoms with van der Waals surface area (Å²) < 4.78 is 39.2. The fourth-order valence-corrected chi connectivity index (χ4v) is 6.26. The molecule has 3 aromatic carbocycles. The molecule has 0 aliphatic carbocycles. The number of rotatable bonds is 3. The molecule has 7 nitrogen and oxygen atoms in total. The zero-order valence-electron chi connectivity index (χ0n) is 21.0. The maximum absolute atomic E-state index is 14.0. The molecule has 0 bridgehead atoms. The van der Waals surface area contributed by atoms with Gasteiger partial charge >= 0.3 is 10.2 Å². The summed E-state index contributed by atoms with van der Waals surface area (Å²) in [7, 11) is -2.77. The maximum atomic E-state index is 14.0. The second-order valence-corrected chi connectivity index (χ2v) is 11.5. The molecular weight excluding hydrogens is 503 g/mol. The SMILES string of the molecule is Cc1cc2c(=O)c3c4ccc(C#N)cc4[nH]c3n(C3CCN(C)CC3)c2cc1-c1cccc(S(=O)(=O)F)c1. The molecule has 0 radical (unpaired) electrons. The summed E-state index contributed by atoms with van der Waals surface area (Å²) in [5.41, 5.74) is 4.63. The van der Waals surface area contributed by atoms with Gasteiger partial charge in [-0.1, -0.05) is 18.2 Å². The molecule has 0 saturated carbocycles. The van der Waals surface area contributed by atoms with E-state index in [9.17, 15) is 22.4 Å². The molecule has 1 aliphatic heterocycles. The Hall–Kier alpha value is -4.00. The predicted octanol–water partition coefficient (Wildman–Crippen LogP) is 5.41. The van der Waals surface area contributed by atoms with Gasteiger partial charge in [-0.15, -0.1) is 3.89 Å². The van der Waals surface area contributed by atoms with E-state index in [0.717, 1.165) is 53.5 Å². The lowest BCUT2D eigenvalue weighted by Crippen LogP contribution is -2.32. The molecule has 1 aliphatic rings. The van der Waals surface area contributed by atoms with Gasteiger partial charge in [0.25, 0.3) is 0 Å². The Morgan fingerprint density at radius 2 is 1.82 bits per heavy atom. The topological polar surface area (TPSA) is 99.0 Å². The highest BCUT2D eigenvalue weighted by molar-refractivity contribution is 7.86.